The summed E-state index contributed by atoms with van der Waals surface area (Å²) in [6.45, 7) is 4.59. The van der Waals surface area contributed by atoms with Crippen molar-refractivity contribution >= 4 is 21.7 Å². The van der Waals surface area contributed by atoms with Crippen LogP contribution in [0.5, 0.6) is 0 Å². The Morgan fingerprint density at radius 2 is 2.19 bits per heavy atom. The van der Waals surface area contributed by atoms with Crippen LogP contribution in [0, 0.1) is 0 Å². The standard InChI is InChI=1S/C13H18BrNO/c1-10(7-11(2)16)15(3)9-12-5-4-6-13(14)8-12/h4-6,8,10H,7,9H2,1-3H3. The first-order valence-corrected chi connectivity index (χ1v) is 6.22. The molecule has 0 bridgehead atoms. The quantitative estimate of drug-likeness (QED) is 0.827. The lowest BCUT2D eigenvalue weighted by atomic mass is 10.1. The molecule has 3 heteroatoms. The summed E-state index contributed by atoms with van der Waals surface area (Å²) in [5.74, 6) is 0.244. The largest absolute Gasteiger partial charge is 0.300 e. The zero-order chi connectivity index (χ0) is 12.1. The van der Waals surface area contributed by atoms with Gasteiger partial charge in [-0.25, -0.2) is 0 Å². The van der Waals surface area contributed by atoms with E-state index in [1.165, 1.54) is 5.56 Å². The fourth-order valence-electron chi connectivity index (χ4n) is 1.65. The predicted octanol–water partition coefficient (Wildman–Crippen LogP) is 3.25. The summed E-state index contributed by atoms with van der Waals surface area (Å²) in [7, 11) is 2.05. The maximum absolute atomic E-state index is 11.0. The Balaban J connectivity index is 2.56. The predicted molar refractivity (Wildman–Crippen MR) is 70.4 cm³/mol. The van der Waals surface area contributed by atoms with Gasteiger partial charge in [-0.05, 0) is 38.6 Å². The van der Waals surface area contributed by atoms with Crippen LogP contribution in [-0.2, 0) is 11.3 Å². The van der Waals surface area contributed by atoms with Crippen molar-refractivity contribution in [1.29, 1.82) is 0 Å². The van der Waals surface area contributed by atoms with Gasteiger partial charge in [-0.1, -0.05) is 28.1 Å². The van der Waals surface area contributed by atoms with Crippen LogP contribution < -0.4 is 0 Å². The van der Waals surface area contributed by atoms with E-state index in [4.69, 9.17) is 0 Å². The Labute approximate surface area is 106 Å². The molecule has 0 heterocycles. The molecule has 2 nitrogen and oxygen atoms in total. The lowest BCUT2D eigenvalue weighted by Gasteiger charge is -2.23. The van der Waals surface area contributed by atoms with E-state index in [9.17, 15) is 4.79 Å². The second-order valence-corrected chi connectivity index (χ2v) is 5.22. The first kappa shape index (κ1) is 13.4. The van der Waals surface area contributed by atoms with Gasteiger partial charge < -0.3 is 0 Å². The van der Waals surface area contributed by atoms with Crippen LogP contribution in [0.25, 0.3) is 0 Å². The van der Waals surface area contributed by atoms with Gasteiger partial charge in [0, 0.05) is 23.5 Å². The molecule has 88 valence electrons. The Morgan fingerprint density at radius 1 is 1.50 bits per heavy atom. The highest BCUT2D eigenvalue weighted by Gasteiger charge is 2.11. The summed E-state index contributed by atoms with van der Waals surface area (Å²) in [6, 6.07) is 8.54. The van der Waals surface area contributed by atoms with Gasteiger partial charge in [0.2, 0.25) is 0 Å². The molecular formula is C13H18BrNO. The number of Topliss-reactive ketones (excluding diaryl/α,β-unsaturated/α-hetero) is 1. The molecule has 0 saturated heterocycles. The lowest BCUT2D eigenvalue weighted by molar-refractivity contribution is -0.118. The Hall–Kier alpha value is -0.670. The summed E-state index contributed by atoms with van der Waals surface area (Å²) in [5.41, 5.74) is 1.26. The highest BCUT2D eigenvalue weighted by molar-refractivity contribution is 9.10. The van der Waals surface area contributed by atoms with Gasteiger partial charge in [0.25, 0.3) is 0 Å². The molecular weight excluding hydrogens is 266 g/mol. The minimum absolute atomic E-state index is 0.244. The average Bonchev–Trinajstić information content (AvgIpc) is 2.16. The van der Waals surface area contributed by atoms with Gasteiger partial charge in [-0.2, -0.15) is 0 Å². The molecule has 1 unspecified atom stereocenters. The number of hydrogen-bond acceptors (Lipinski definition) is 2. The van der Waals surface area contributed by atoms with Crippen LogP contribution in [0.3, 0.4) is 0 Å². The molecule has 0 N–H and O–H groups in total. The van der Waals surface area contributed by atoms with Crippen molar-refractivity contribution in [3.8, 4) is 0 Å². The smallest absolute Gasteiger partial charge is 0.131 e. The first-order chi connectivity index (χ1) is 7.49. The number of rotatable bonds is 5. The van der Waals surface area contributed by atoms with E-state index in [2.05, 4.69) is 46.9 Å². The van der Waals surface area contributed by atoms with Crippen LogP contribution >= 0.6 is 15.9 Å². The second-order valence-electron chi connectivity index (χ2n) is 4.30. The summed E-state index contributed by atoms with van der Waals surface area (Å²) in [5, 5.41) is 0. The molecule has 0 aliphatic rings. The van der Waals surface area contributed by atoms with E-state index in [0.29, 0.717) is 6.42 Å². The molecule has 0 aromatic heterocycles. The van der Waals surface area contributed by atoms with Crippen LogP contribution in [0.15, 0.2) is 28.7 Å². The van der Waals surface area contributed by atoms with Gasteiger partial charge in [0.05, 0.1) is 0 Å². The van der Waals surface area contributed by atoms with Crippen molar-refractivity contribution in [2.24, 2.45) is 0 Å². The van der Waals surface area contributed by atoms with Crippen molar-refractivity contribution in [2.75, 3.05) is 7.05 Å². The molecule has 1 rings (SSSR count). The monoisotopic (exact) mass is 283 g/mol. The minimum Gasteiger partial charge on any atom is -0.300 e. The summed E-state index contributed by atoms with van der Waals surface area (Å²) >= 11 is 3.46. The highest BCUT2D eigenvalue weighted by atomic mass is 79.9. The zero-order valence-corrected chi connectivity index (χ0v) is 11.6. The van der Waals surface area contributed by atoms with Crippen molar-refractivity contribution in [1.82, 2.24) is 4.90 Å². The van der Waals surface area contributed by atoms with Crippen LogP contribution in [0.2, 0.25) is 0 Å². The summed E-state index contributed by atoms with van der Waals surface area (Å²) in [6.07, 6.45) is 0.616. The minimum atomic E-state index is 0.244. The lowest BCUT2D eigenvalue weighted by Crippen LogP contribution is -2.30. The van der Waals surface area contributed by atoms with Crippen LogP contribution in [0.1, 0.15) is 25.8 Å². The molecule has 0 aliphatic heterocycles. The fraction of sp³-hybridized carbons (Fsp3) is 0.462. The van der Waals surface area contributed by atoms with Crippen molar-refractivity contribution in [3.05, 3.63) is 34.3 Å². The van der Waals surface area contributed by atoms with E-state index >= 15 is 0 Å². The molecule has 1 aromatic rings. The molecule has 1 atom stereocenters. The Bertz CT molecular complexity index is 365. The maximum atomic E-state index is 11.0. The van der Waals surface area contributed by atoms with Gasteiger partial charge in [0.15, 0.2) is 0 Å². The van der Waals surface area contributed by atoms with E-state index in [1.807, 2.05) is 12.1 Å². The van der Waals surface area contributed by atoms with E-state index in [-0.39, 0.29) is 11.8 Å². The van der Waals surface area contributed by atoms with Gasteiger partial charge in [-0.3, -0.25) is 9.69 Å². The Kier molecular flexibility index (Phi) is 5.16. The van der Waals surface area contributed by atoms with E-state index in [0.717, 1.165) is 11.0 Å². The summed E-state index contributed by atoms with van der Waals surface area (Å²) in [4.78, 5) is 13.2. The third-order valence-corrected chi connectivity index (χ3v) is 3.15. The number of benzene rings is 1. The normalized spacial score (nSPS) is 12.8. The maximum Gasteiger partial charge on any atom is 0.131 e. The third kappa shape index (κ3) is 4.45. The average molecular weight is 284 g/mol. The molecule has 0 aliphatic carbocycles. The van der Waals surface area contributed by atoms with Gasteiger partial charge in [-0.15, -0.1) is 0 Å². The SMILES string of the molecule is CC(=O)CC(C)N(C)Cc1cccc(Br)c1. The number of hydrogen-bond donors (Lipinski definition) is 0. The molecule has 0 saturated carbocycles. The second kappa shape index (κ2) is 6.16. The number of halogens is 1. The first-order valence-electron chi connectivity index (χ1n) is 5.43. The summed E-state index contributed by atoms with van der Waals surface area (Å²) < 4.78 is 1.10. The topological polar surface area (TPSA) is 20.3 Å². The number of carbonyl (C=O) groups excluding carboxylic acids is 1. The van der Waals surface area contributed by atoms with Gasteiger partial charge >= 0.3 is 0 Å². The molecule has 0 fully saturated rings. The molecule has 16 heavy (non-hydrogen) atoms. The zero-order valence-electron chi connectivity index (χ0n) is 10.0. The number of ketones is 1. The van der Waals surface area contributed by atoms with Crippen LogP contribution in [0.4, 0.5) is 0 Å². The third-order valence-electron chi connectivity index (χ3n) is 2.66. The fourth-order valence-corrected chi connectivity index (χ4v) is 2.10. The van der Waals surface area contributed by atoms with Crippen molar-refractivity contribution in [2.45, 2.75) is 32.9 Å². The molecule has 1 aromatic carbocycles. The van der Waals surface area contributed by atoms with Crippen molar-refractivity contribution < 1.29 is 4.79 Å². The van der Waals surface area contributed by atoms with Crippen molar-refractivity contribution in [3.63, 3.8) is 0 Å². The van der Waals surface area contributed by atoms with E-state index < -0.39 is 0 Å². The molecule has 0 spiro atoms. The highest BCUT2D eigenvalue weighted by Crippen LogP contribution is 2.14. The molecule has 0 radical (unpaired) electrons. The van der Waals surface area contributed by atoms with Gasteiger partial charge in [0.1, 0.15) is 5.78 Å². The Morgan fingerprint density at radius 3 is 2.75 bits per heavy atom. The molecule has 0 amide bonds. The van der Waals surface area contributed by atoms with E-state index in [1.54, 1.807) is 6.92 Å². The van der Waals surface area contributed by atoms with Crippen LogP contribution in [-0.4, -0.2) is 23.8 Å². The number of nitrogens with zero attached hydrogens (tertiary/aromatic N) is 1. The number of carbonyl (C=O) groups is 1.